The molecule has 1 aliphatic rings. The lowest BCUT2D eigenvalue weighted by Gasteiger charge is -2.32. The third-order valence-electron chi connectivity index (χ3n) is 3.85. The SMILES string of the molecule is CNCC1CCCN(S(=O)(=O)c2cc(C(F)(F)F)ccc2Cl)C1.Cl. The summed E-state index contributed by atoms with van der Waals surface area (Å²) in [5.74, 6) is 0.132. The molecule has 0 aliphatic carbocycles. The Morgan fingerprint density at radius 3 is 2.62 bits per heavy atom. The third-order valence-corrected chi connectivity index (χ3v) is 6.20. The largest absolute Gasteiger partial charge is 0.416 e. The molecule has 0 bridgehead atoms. The zero-order valence-electron chi connectivity index (χ0n) is 12.9. The monoisotopic (exact) mass is 406 g/mol. The Morgan fingerprint density at radius 2 is 2.04 bits per heavy atom. The Kier molecular flexibility index (Phi) is 7.37. The van der Waals surface area contributed by atoms with E-state index in [9.17, 15) is 21.6 Å². The minimum Gasteiger partial charge on any atom is -0.319 e. The van der Waals surface area contributed by atoms with Crippen molar-refractivity contribution in [3.05, 3.63) is 28.8 Å². The maximum absolute atomic E-state index is 12.8. The maximum Gasteiger partial charge on any atom is 0.416 e. The molecular formula is C14H19Cl2F3N2O2S. The van der Waals surface area contributed by atoms with Crippen LogP contribution in [0, 0.1) is 5.92 Å². The fourth-order valence-corrected chi connectivity index (χ4v) is 4.77. The fourth-order valence-electron chi connectivity index (χ4n) is 2.72. The van der Waals surface area contributed by atoms with Gasteiger partial charge < -0.3 is 5.32 Å². The number of hydrogen-bond acceptors (Lipinski definition) is 3. The molecule has 4 nitrogen and oxygen atoms in total. The highest BCUT2D eigenvalue weighted by atomic mass is 35.5. The number of alkyl halides is 3. The van der Waals surface area contributed by atoms with E-state index >= 15 is 0 Å². The van der Waals surface area contributed by atoms with Gasteiger partial charge in [0.05, 0.1) is 10.6 Å². The Balaban J connectivity index is 0.00000288. The number of nitrogens with zero attached hydrogens (tertiary/aromatic N) is 1. The van der Waals surface area contributed by atoms with E-state index < -0.39 is 26.7 Å². The lowest BCUT2D eigenvalue weighted by molar-refractivity contribution is -0.137. The molecule has 1 saturated heterocycles. The lowest BCUT2D eigenvalue weighted by Crippen LogP contribution is -2.42. The first-order valence-electron chi connectivity index (χ1n) is 7.17. The van der Waals surface area contributed by atoms with Crippen LogP contribution in [0.15, 0.2) is 23.1 Å². The van der Waals surface area contributed by atoms with Gasteiger partial charge in [0.25, 0.3) is 0 Å². The average molecular weight is 407 g/mol. The maximum atomic E-state index is 12.8. The van der Waals surface area contributed by atoms with E-state index in [0.717, 1.165) is 18.6 Å². The molecule has 1 N–H and O–H groups in total. The highest BCUT2D eigenvalue weighted by Gasteiger charge is 2.35. The van der Waals surface area contributed by atoms with Crippen LogP contribution in [0.3, 0.4) is 0 Å². The molecule has 1 unspecified atom stereocenters. The molecule has 1 heterocycles. The number of halogens is 5. The van der Waals surface area contributed by atoms with Gasteiger partial charge in [0.1, 0.15) is 4.90 Å². The van der Waals surface area contributed by atoms with Gasteiger partial charge in [-0.3, -0.25) is 0 Å². The summed E-state index contributed by atoms with van der Waals surface area (Å²) in [6.07, 6.45) is -3.07. The van der Waals surface area contributed by atoms with E-state index in [2.05, 4.69) is 5.32 Å². The predicted molar refractivity (Wildman–Crippen MR) is 89.1 cm³/mol. The molecule has 24 heavy (non-hydrogen) atoms. The van der Waals surface area contributed by atoms with Crippen molar-refractivity contribution >= 4 is 34.0 Å². The smallest absolute Gasteiger partial charge is 0.319 e. The van der Waals surface area contributed by atoms with Crippen molar-refractivity contribution in [1.82, 2.24) is 9.62 Å². The first-order chi connectivity index (χ1) is 10.7. The summed E-state index contributed by atoms with van der Waals surface area (Å²) in [6.45, 7) is 1.22. The molecule has 0 radical (unpaired) electrons. The summed E-state index contributed by atoms with van der Waals surface area (Å²) in [7, 11) is -2.28. The van der Waals surface area contributed by atoms with Crippen LogP contribution in [0.5, 0.6) is 0 Å². The Bertz CT molecular complexity index is 666. The molecule has 138 valence electrons. The van der Waals surface area contributed by atoms with Gasteiger partial charge >= 0.3 is 6.18 Å². The first kappa shape index (κ1) is 21.5. The number of piperidine rings is 1. The Morgan fingerprint density at radius 1 is 1.38 bits per heavy atom. The molecule has 1 aliphatic heterocycles. The van der Waals surface area contributed by atoms with Crippen LogP contribution >= 0.6 is 24.0 Å². The summed E-state index contributed by atoms with van der Waals surface area (Å²) < 4.78 is 65.1. The minimum atomic E-state index is -4.62. The molecule has 1 fully saturated rings. The summed E-state index contributed by atoms with van der Waals surface area (Å²) in [4.78, 5) is -0.487. The van der Waals surface area contributed by atoms with Gasteiger partial charge in [-0.25, -0.2) is 8.42 Å². The van der Waals surface area contributed by atoms with Gasteiger partial charge in [-0.05, 0) is 50.6 Å². The van der Waals surface area contributed by atoms with Crippen LogP contribution in [-0.4, -0.2) is 39.4 Å². The lowest BCUT2D eigenvalue weighted by atomic mass is 10.00. The molecule has 1 aromatic rings. The molecule has 1 atom stereocenters. The van der Waals surface area contributed by atoms with Gasteiger partial charge in [0.2, 0.25) is 10.0 Å². The fraction of sp³-hybridized carbons (Fsp3) is 0.571. The molecule has 2 rings (SSSR count). The van der Waals surface area contributed by atoms with Crippen LogP contribution in [-0.2, 0) is 16.2 Å². The highest BCUT2D eigenvalue weighted by Crippen LogP contribution is 2.35. The van der Waals surface area contributed by atoms with E-state index in [0.29, 0.717) is 19.0 Å². The second-order valence-electron chi connectivity index (χ2n) is 5.57. The third kappa shape index (κ3) is 4.76. The zero-order chi connectivity index (χ0) is 17.3. The summed E-state index contributed by atoms with van der Waals surface area (Å²) in [6, 6.07) is 2.37. The van der Waals surface area contributed by atoms with Gasteiger partial charge in [-0.1, -0.05) is 11.6 Å². The minimum absolute atomic E-state index is 0. The van der Waals surface area contributed by atoms with Crippen molar-refractivity contribution in [3.8, 4) is 0 Å². The normalized spacial score (nSPS) is 19.8. The van der Waals surface area contributed by atoms with Crippen molar-refractivity contribution in [3.63, 3.8) is 0 Å². The number of rotatable bonds is 4. The van der Waals surface area contributed by atoms with E-state index in [1.165, 1.54) is 4.31 Å². The number of sulfonamides is 1. The van der Waals surface area contributed by atoms with Crippen LogP contribution in [0.2, 0.25) is 5.02 Å². The molecule has 0 amide bonds. The summed E-state index contributed by atoms with van der Waals surface area (Å²) >= 11 is 5.86. The van der Waals surface area contributed by atoms with Crippen LogP contribution in [0.25, 0.3) is 0 Å². The number of hydrogen-bond donors (Lipinski definition) is 1. The van der Waals surface area contributed by atoms with Crippen molar-refractivity contribution in [2.45, 2.75) is 23.9 Å². The Hall–Kier alpha value is -0.540. The van der Waals surface area contributed by atoms with Gasteiger partial charge in [0.15, 0.2) is 0 Å². The zero-order valence-corrected chi connectivity index (χ0v) is 15.3. The van der Waals surface area contributed by atoms with Crippen molar-refractivity contribution < 1.29 is 21.6 Å². The highest BCUT2D eigenvalue weighted by molar-refractivity contribution is 7.89. The summed E-state index contributed by atoms with van der Waals surface area (Å²) in [5, 5.41) is 2.79. The predicted octanol–water partition coefficient (Wildman–Crippen LogP) is 3.40. The molecule has 0 spiro atoms. The quantitative estimate of drug-likeness (QED) is 0.833. The van der Waals surface area contributed by atoms with E-state index in [-0.39, 0.29) is 36.4 Å². The molecule has 10 heteroatoms. The Labute approximate surface area is 150 Å². The van der Waals surface area contributed by atoms with E-state index in [1.807, 2.05) is 0 Å². The topological polar surface area (TPSA) is 49.4 Å². The van der Waals surface area contributed by atoms with Crippen molar-refractivity contribution in [2.24, 2.45) is 5.92 Å². The standard InChI is InChI=1S/C14H18ClF3N2O2S.ClH/c1-19-8-10-3-2-6-20(9-10)23(21,22)13-7-11(14(16,17)18)4-5-12(13)15;/h4-5,7,10,19H,2-3,6,8-9H2,1H3;1H. The first-order valence-corrected chi connectivity index (χ1v) is 8.99. The van der Waals surface area contributed by atoms with Crippen LogP contribution < -0.4 is 5.32 Å². The van der Waals surface area contributed by atoms with Crippen molar-refractivity contribution in [1.29, 1.82) is 0 Å². The van der Waals surface area contributed by atoms with Gasteiger partial charge in [0, 0.05) is 13.1 Å². The van der Waals surface area contributed by atoms with E-state index in [1.54, 1.807) is 7.05 Å². The van der Waals surface area contributed by atoms with Crippen LogP contribution in [0.1, 0.15) is 18.4 Å². The summed E-state index contributed by atoms with van der Waals surface area (Å²) in [5.41, 5.74) is -1.02. The second-order valence-corrected chi connectivity index (χ2v) is 7.89. The van der Waals surface area contributed by atoms with E-state index in [4.69, 9.17) is 11.6 Å². The molecule has 0 saturated carbocycles. The van der Waals surface area contributed by atoms with Gasteiger partial charge in [-0.15, -0.1) is 12.4 Å². The average Bonchev–Trinajstić information content (AvgIpc) is 2.47. The molecule has 0 aromatic heterocycles. The van der Waals surface area contributed by atoms with Crippen LogP contribution in [0.4, 0.5) is 13.2 Å². The second kappa shape index (κ2) is 8.23. The van der Waals surface area contributed by atoms with Crippen molar-refractivity contribution in [2.75, 3.05) is 26.7 Å². The number of benzene rings is 1. The number of nitrogens with one attached hydrogen (secondary N) is 1. The van der Waals surface area contributed by atoms with Gasteiger partial charge in [-0.2, -0.15) is 17.5 Å². The molecule has 1 aromatic carbocycles. The molecular weight excluding hydrogens is 388 g/mol.